The minimum Gasteiger partial charge on any atom is -0.496 e. The van der Waals surface area contributed by atoms with Crippen molar-refractivity contribution in [2.24, 2.45) is 0 Å². The molecule has 0 saturated heterocycles. The number of rotatable bonds is 3. The fourth-order valence-electron chi connectivity index (χ4n) is 1.52. The Labute approximate surface area is 96.9 Å². The SMILES string of the molecule is COc1cc(-c2cnoc2N)c(OC)cc1F. The molecule has 0 aliphatic carbocycles. The van der Waals surface area contributed by atoms with Crippen molar-refractivity contribution in [1.82, 2.24) is 5.16 Å². The molecule has 0 aliphatic heterocycles. The summed E-state index contributed by atoms with van der Waals surface area (Å²) in [6.45, 7) is 0. The third kappa shape index (κ3) is 1.89. The van der Waals surface area contributed by atoms with E-state index in [2.05, 4.69) is 5.16 Å². The molecule has 1 aromatic carbocycles. The van der Waals surface area contributed by atoms with Crippen molar-refractivity contribution in [3.05, 3.63) is 24.1 Å². The molecule has 0 spiro atoms. The number of ether oxygens (including phenoxy) is 2. The predicted molar refractivity (Wildman–Crippen MR) is 59.4 cm³/mol. The van der Waals surface area contributed by atoms with Gasteiger partial charge in [0.25, 0.3) is 0 Å². The first-order valence-corrected chi connectivity index (χ1v) is 4.79. The number of nitrogens with zero attached hydrogens (tertiary/aromatic N) is 1. The predicted octanol–water partition coefficient (Wildman–Crippen LogP) is 2.08. The van der Waals surface area contributed by atoms with Crippen molar-refractivity contribution >= 4 is 5.88 Å². The summed E-state index contributed by atoms with van der Waals surface area (Å²) < 4.78 is 28.2. The monoisotopic (exact) mass is 238 g/mol. The van der Waals surface area contributed by atoms with Crippen molar-refractivity contribution in [2.45, 2.75) is 0 Å². The molecule has 1 aromatic heterocycles. The number of hydrogen-bond acceptors (Lipinski definition) is 5. The smallest absolute Gasteiger partial charge is 0.230 e. The molecule has 5 nitrogen and oxygen atoms in total. The van der Waals surface area contributed by atoms with E-state index in [4.69, 9.17) is 19.7 Å². The van der Waals surface area contributed by atoms with Gasteiger partial charge in [0.05, 0.1) is 26.0 Å². The number of hydrogen-bond donors (Lipinski definition) is 1. The Bertz CT molecular complexity index is 540. The molecule has 0 unspecified atom stereocenters. The summed E-state index contributed by atoms with van der Waals surface area (Å²) >= 11 is 0. The van der Waals surface area contributed by atoms with E-state index in [0.717, 1.165) is 0 Å². The van der Waals surface area contributed by atoms with Crippen LogP contribution in [0.4, 0.5) is 10.3 Å². The zero-order valence-electron chi connectivity index (χ0n) is 9.36. The number of aromatic nitrogens is 1. The third-order valence-corrected chi connectivity index (χ3v) is 2.36. The lowest BCUT2D eigenvalue weighted by molar-refractivity contribution is 0.378. The first kappa shape index (κ1) is 11.3. The van der Waals surface area contributed by atoms with Crippen molar-refractivity contribution in [2.75, 3.05) is 20.0 Å². The summed E-state index contributed by atoms with van der Waals surface area (Å²) in [5.74, 6) is 0.0553. The summed E-state index contributed by atoms with van der Waals surface area (Å²) in [7, 11) is 2.82. The molecule has 17 heavy (non-hydrogen) atoms. The fraction of sp³-hybridized carbons (Fsp3) is 0.182. The number of methoxy groups -OCH3 is 2. The van der Waals surface area contributed by atoms with Crippen LogP contribution in [0.15, 0.2) is 22.9 Å². The maximum atomic E-state index is 13.5. The normalized spacial score (nSPS) is 10.3. The van der Waals surface area contributed by atoms with Crippen LogP contribution in [0.1, 0.15) is 0 Å². The van der Waals surface area contributed by atoms with Gasteiger partial charge >= 0.3 is 0 Å². The van der Waals surface area contributed by atoms with Gasteiger partial charge in [-0.2, -0.15) is 0 Å². The molecule has 0 amide bonds. The molecule has 2 N–H and O–H groups in total. The molecular formula is C11H11FN2O3. The molecule has 0 radical (unpaired) electrons. The van der Waals surface area contributed by atoms with Crippen LogP contribution < -0.4 is 15.2 Å². The van der Waals surface area contributed by atoms with Crippen LogP contribution in [-0.4, -0.2) is 19.4 Å². The number of benzene rings is 1. The minimum atomic E-state index is -0.511. The van der Waals surface area contributed by atoms with E-state index in [1.807, 2.05) is 0 Å². The van der Waals surface area contributed by atoms with Crippen LogP contribution in [0, 0.1) is 5.82 Å². The summed E-state index contributed by atoms with van der Waals surface area (Å²) in [5.41, 5.74) is 6.69. The molecule has 0 fully saturated rings. The highest BCUT2D eigenvalue weighted by Crippen LogP contribution is 2.37. The second kappa shape index (κ2) is 4.32. The molecule has 1 heterocycles. The summed E-state index contributed by atoms with van der Waals surface area (Å²) in [5, 5.41) is 3.56. The maximum Gasteiger partial charge on any atom is 0.230 e. The highest BCUT2D eigenvalue weighted by molar-refractivity contribution is 5.78. The number of nitrogens with two attached hydrogens (primary N) is 1. The van der Waals surface area contributed by atoms with Gasteiger partial charge in [-0.3, -0.25) is 0 Å². The van der Waals surface area contributed by atoms with Gasteiger partial charge in [-0.05, 0) is 6.07 Å². The molecule has 2 rings (SSSR count). The van der Waals surface area contributed by atoms with E-state index in [0.29, 0.717) is 16.9 Å². The molecule has 0 aliphatic rings. The molecule has 2 aromatic rings. The first-order chi connectivity index (χ1) is 8.17. The van der Waals surface area contributed by atoms with E-state index < -0.39 is 5.82 Å². The Hall–Kier alpha value is -2.24. The average Bonchev–Trinajstić information content (AvgIpc) is 2.75. The standard InChI is InChI=1S/C11H11FN2O3/c1-15-9-4-8(12)10(16-2)3-6(9)7-5-14-17-11(7)13/h3-5H,13H2,1-2H3. The van der Waals surface area contributed by atoms with Gasteiger partial charge in [0.1, 0.15) is 5.75 Å². The highest BCUT2D eigenvalue weighted by Gasteiger charge is 2.16. The highest BCUT2D eigenvalue weighted by atomic mass is 19.1. The van der Waals surface area contributed by atoms with Gasteiger partial charge in [-0.25, -0.2) is 4.39 Å². The maximum absolute atomic E-state index is 13.5. The lowest BCUT2D eigenvalue weighted by Crippen LogP contribution is -1.94. The van der Waals surface area contributed by atoms with Crippen LogP contribution >= 0.6 is 0 Å². The second-order valence-electron chi connectivity index (χ2n) is 3.29. The van der Waals surface area contributed by atoms with E-state index >= 15 is 0 Å². The van der Waals surface area contributed by atoms with E-state index in [-0.39, 0.29) is 11.6 Å². The number of nitrogen functional groups attached to an aromatic ring is 1. The minimum absolute atomic E-state index is 0.0985. The van der Waals surface area contributed by atoms with Gasteiger partial charge in [0.15, 0.2) is 11.6 Å². The molecule has 0 saturated carbocycles. The summed E-state index contributed by atoms with van der Waals surface area (Å²) in [6.07, 6.45) is 1.44. The topological polar surface area (TPSA) is 70.5 Å². The third-order valence-electron chi connectivity index (χ3n) is 2.36. The van der Waals surface area contributed by atoms with E-state index in [1.165, 1.54) is 32.5 Å². The van der Waals surface area contributed by atoms with Crippen molar-refractivity contribution in [3.8, 4) is 22.6 Å². The molecule has 90 valence electrons. The van der Waals surface area contributed by atoms with Gasteiger partial charge in [-0.1, -0.05) is 5.16 Å². The van der Waals surface area contributed by atoms with Crippen molar-refractivity contribution < 1.29 is 18.4 Å². The molecule has 0 atom stereocenters. The largest absolute Gasteiger partial charge is 0.496 e. The van der Waals surface area contributed by atoms with Gasteiger partial charge in [0.2, 0.25) is 5.88 Å². The molecule has 0 bridgehead atoms. The van der Waals surface area contributed by atoms with Crippen LogP contribution in [0.25, 0.3) is 11.1 Å². The van der Waals surface area contributed by atoms with Gasteiger partial charge in [-0.15, -0.1) is 0 Å². The quantitative estimate of drug-likeness (QED) is 0.886. The molecular weight excluding hydrogens is 227 g/mol. The average molecular weight is 238 g/mol. The van der Waals surface area contributed by atoms with Crippen molar-refractivity contribution in [3.63, 3.8) is 0 Å². The fourth-order valence-corrected chi connectivity index (χ4v) is 1.52. The van der Waals surface area contributed by atoms with Crippen LogP contribution in [-0.2, 0) is 0 Å². The van der Waals surface area contributed by atoms with Gasteiger partial charge < -0.3 is 19.7 Å². The summed E-state index contributed by atoms with van der Waals surface area (Å²) in [4.78, 5) is 0. The van der Waals surface area contributed by atoms with Crippen LogP contribution in [0.3, 0.4) is 0 Å². The second-order valence-corrected chi connectivity index (χ2v) is 3.29. The van der Waals surface area contributed by atoms with Crippen molar-refractivity contribution in [1.29, 1.82) is 0 Å². The van der Waals surface area contributed by atoms with Crippen LogP contribution in [0.5, 0.6) is 11.5 Å². The first-order valence-electron chi connectivity index (χ1n) is 4.79. The van der Waals surface area contributed by atoms with Crippen LogP contribution in [0.2, 0.25) is 0 Å². The Morgan fingerprint density at radius 2 is 1.88 bits per heavy atom. The Morgan fingerprint density at radius 1 is 1.18 bits per heavy atom. The zero-order chi connectivity index (χ0) is 12.4. The molecule has 6 heteroatoms. The Kier molecular flexibility index (Phi) is 2.86. The van der Waals surface area contributed by atoms with E-state index in [1.54, 1.807) is 0 Å². The summed E-state index contributed by atoms with van der Waals surface area (Å²) in [6, 6.07) is 2.71. The zero-order valence-corrected chi connectivity index (χ0v) is 9.36. The number of anilines is 1. The number of halogens is 1. The Morgan fingerprint density at radius 3 is 2.41 bits per heavy atom. The lowest BCUT2D eigenvalue weighted by Gasteiger charge is -2.10. The van der Waals surface area contributed by atoms with Gasteiger partial charge in [0, 0.05) is 11.6 Å². The van der Waals surface area contributed by atoms with E-state index in [9.17, 15) is 4.39 Å². The Balaban J connectivity index is 2.63. The lowest BCUT2D eigenvalue weighted by atomic mass is 10.1.